The van der Waals surface area contributed by atoms with E-state index in [2.05, 4.69) is 10.6 Å². The number of para-hydroxylation sites is 2. The first-order valence-corrected chi connectivity index (χ1v) is 6.93. The highest BCUT2D eigenvalue weighted by Gasteiger charge is 2.21. The Balaban J connectivity index is 2.60. The number of hydrogen-bond donors (Lipinski definition) is 3. The van der Waals surface area contributed by atoms with Crippen LogP contribution in [0.5, 0.6) is 5.75 Å². The molecule has 0 radical (unpaired) electrons. The number of carboxylic acids is 1. The van der Waals surface area contributed by atoms with Crippen LogP contribution in [0.15, 0.2) is 24.3 Å². The molecule has 6 heteroatoms. The lowest BCUT2D eigenvalue weighted by atomic mass is 10.1. The quantitative estimate of drug-likeness (QED) is 0.679. The maximum absolute atomic E-state index is 11.9. The Morgan fingerprint density at radius 1 is 1.29 bits per heavy atom. The van der Waals surface area contributed by atoms with Gasteiger partial charge in [-0.25, -0.2) is 0 Å². The Kier molecular flexibility index (Phi) is 6.68. The van der Waals surface area contributed by atoms with Gasteiger partial charge in [0.05, 0.1) is 18.8 Å². The summed E-state index contributed by atoms with van der Waals surface area (Å²) in [6, 6.07) is 6.36. The lowest BCUT2D eigenvalue weighted by molar-refractivity contribution is -0.140. The van der Waals surface area contributed by atoms with Gasteiger partial charge in [-0.3, -0.25) is 14.9 Å². The first-order chi connectivity index (χ1) is 9.95. The van der Waals surface area contributed by atoms with E-state index in [-0.39, 0.29) is 18.4 Å². The van der Waals surface area contributed by atoms with Gasteiger partial charge in [0, 0.05) is 0 Å². The third-order valence-corrected chi connectivity index (χ3v) is 2.88. The molecule has 1 rings (SSSR count). The van der Waals surface area contributed by atoms with Gasteiger partial charge in [0.25, 0.3) is 0 Å². The van der Waals surface area contributed by atoms with Crippen LogP contribution in [0.1, 0.15) is 20.8 Å². The Morgan fingerprint density at radius 3 is 2.52 bits per heavy atom. The van der Waals surface area contributed by atoms with Crippen LogP contribution in [0.4, 0.5) is 5.69 Å². The maximum atomic E-state index is 11.9. The van der Waals surface area contributed by atoms with E-state index in [1.54, 1.807) is 32.0 Å². The summed E-state index contributed by atoms with van der Waals surface area (Å²) in [4.78, 5) is 22.9. The van der Waals surface area contributed by atoms with Crippen molar-refractivity contribution in [3.8, 4) is 5.75 Å². The van der Waals surface area contributed by atoms with Crippen molar-refractivity contribution < 1.29 is 19.4 Å². The van der Waals surface area contributed by atoms with E-state index in [4.69, 9.17) is 9.84 Å². The molecule has 0 aromatic heterocycles. The molecule has 0 aliphatic heterocycles. The second kappa shape index (κ2) is 8.26. The molecule has 1 atom stereocenters. The number of amides is 1. The van der Waals surface area contributed by atoms with Gasteiger partial charge in [0.2, 0.25) is 5.91 Å². The van der Waals surface area contributed by atoms with E-state index in [1.165, 1.54) is 0 Å². The Bertz CT molecular complexity index is 488. The van der Waals surface area contributed by atoms with Crippen LogP contribution in [0.2, 0.25) is 0 Å². The highest BCUT2D eigenvalue weighted by atomic mass is 16.5. The largest absolute Gasteiger partial charge is 0.492 e. The first-order valence-electron chi connectivity index (χ1n) is 6.93. The predicted molar refractivity (Wildman–Crippen MR) is 80.5 cm³/mol. The van der Waals surface area contributed by atoms with Gasteiger partial charge in [-0.2, -0.15) is 0 Å². The first kappa shape index (κ1) is 17.0. The lowest BCUT2D eigenvalue weighted by Gasteiger charge is -2.18. The molecule has 0 aliphatic rings. The van der Waals surface area contributed by atoms with Gasteiger partial charge in [-0.1, -0.05) is 26.0 Å². The zero-order valence-electron chi connectivity index (χ0n) is 12.6. The lowest BCUT2D eigenvalue weighted by Crippen LogP contribution is -2.44. The normalized spacial score (nSPS) is 12.0. The molecule has 1 amide bonds. The van der Waals surface area contributed by atoms with Crippen molar-refractivity contribution in [2.45, 2.75) is 26.8 Å². The molecule has 1 aromatic carbocycles. The fourth-order valence-electron chi connectivity index (χ4n) is 1.86. The van der Waals surface area contributed by atoms with Crippen molar-refractivity contribution in [1.29, 1.82) is 0 Å². The van der Waals surface area contributed by atoms with Crippen LogP contribution in [-0.4, -0.2) is 36.2 Å². The zero-order chi connectivity index (χ0) is 15.8. The molecule has 0 saturated carbocycles. The van der Waals surface area contributed by atoms with Crippen molar-refractivity contribution in [2.75, 3.05) is 18.5 Å². The van der Waals surface area contributed by atoms with E-state index in [1.807, 2.05) is 13.0 Å². The number of carboxylic acid groups (broad SMARTS) is 1. The summed E-state index contributed by atoms with van der Waals surface area (Å²) < 4.78 is 5.41. The molecule has 1 unspecified atom stereocenters. The Labute approximate surface area is 124 Å². The molecule has 0 spiro atoms. The van der Waals surface area contributed by atoms with Crippen LogP contribution in [-0.2, 0) is 9.59 Å². The molecule has 0 aliphatic carbocycles. The smallest absolute Gasteiger partial charge is 0.320 e. The van der Waals surface area contributed by atoms with Crippen molar-refractivity contribution >= 4 is 17.6 Å². The molecule has 6 nitrogen and oxygen atoms in total. The molecule has 1 aromatic rings. The van der Waals surface area contributed by atoms with Crippen molar-refractivity contribution in [1.82, 2.24) is 5.32 Å². The maximum Gasteiger partial charge on any atom is 0.320 e. The SMILES string of the molecule is CCOc1ccccc1NC(=O)CNC(C(=O)O)C(C)C. The van der Waals surface area contributed by atoms with E-state index >= 15 is 0 Å². The van der Waals surface area contributed by atoms with Crippen LogP contribution >= 0.6 is 0 Å². The summed E-state index contributed by atoms with van der Waals surface area (Å²) in [6.07, 6.45) is 0. The Morgan fingerprint density at radius 2 is 1.95 bits per heavy atom. The van der Waals surface area contributed by atoms with Crippen LogP contribution < -0.4 is 15.4 Å². The van der Waals surface area contributed by atoms with Gasteiger partial charge >= 0.3 is 5.97 Å². The molecule has 21 heavy (non-hydrogen) atoms. The molecule has 3 N–H and O–H groups in total. The summed E-state index contributed by atoms with van der Waals surface area (Å²) in [5.41, 5.74) is 0.572. The third-order valence-electron chi connectivity index (χ3n) is 2.88. The third kappa shape index (κ3) is 5.43. The zero-order valence-corrected chi connectivity index (χ0v) is 12.6. The molecule has 0 heterocycles. The average molecular weight is 294 g/mol. The summed E-state index contributed by atoms with van der Waals surface area (Å²) in [5.74, 6) is -0.792. The van der Waals surface area contributed by atoms with Gasteiger partial charge in [0.1, 0.15) is 11.8 Å². The van der Waals surface area contributed by atoms with Gasteiger partial charge in [-0.15, -0.1) is 0 Å². The minimum absolute atomic E-state index is 0.0738. The molecule has 0 fully saturated rings. The number of benzene rings is 1. The van der Waals surface area contributed by atoms with Crippen molar-refractivity contribution in [3.05, 3.63) is 24.3 Å². The number of carbonyl (C=O) groups excluding carboxylic acids is 1. The van der Waals surface area contributed by atoms with Crippen LogP contribution in [0.3, 0.4) is 0 Å². The number of nitrogens with one attached hydrogen (secondary N) is 2. The number of anilines is 1. The molecular weight excluding hydrogens is 272 g/mol. The molecule has 0 bridgehead atoms. The monoisotopic (exact) mass is 294 g/mol. The van der Waals surface area contributed by atoms with E-state index in [0.717, 1.165) is 0 Å². The number of carbonyl (C=O) groups is 2. The second-order valence-electron chi connectivity index (χ2n) is 4.92. The molecule has 0 saturated heterocycles. The topological polar surface area (TPSA) is 87.7 Å². The highest BCUT2D eigenvalue weighted by molar-refractivity contribution is 5.94. The fourth-order valence-corrected chi connectivity index (χ4v) is 1.86. The van der Waals surface area contributed by atoms with E-state index < -0.39 is 12.0 Å². The van der Waals surface area contributed by atoms with E-state index in [0.29, 0.717) is 18.0 Å². The number of rotatable bonds is 8. The Hall–Kier alpha value is -2.08. The standard InChI is InChI=1S/C15H22N2O4/c1-4-21-12-8-6-5-7-11(12)17-13(18)9-16-14(10(2)3)15(19)20/h5-8,10,14,16H,4,9H2,1-3H3,(H,17,18)(H,19,20). The summed E-state index contributed by atoms with van der Waals surface area (Å²) in [7, 11) is 0. The van der Waals surface area contributed by atoms with Gasteiger partial charge < -0.3 is 15.2 Å². The number of ether oxygens (including phenoxy) is 1. The van der Waals surface area contributed by atoms with Crippen molar-refractivity contribution in [2.24, 2.45) is 5.92 Å². The minimum Gasteiger partial charge on any atom is -0.492 e. The average Bonchev–Trinajstić information content (AvgIpc) is 2.40. The fraction of sp³-hybridized carbons (Fsp3) is 0.467. The predicted octanol–water partition coefficient (Wildman–Crippen LogP) is 1.72. The molecule has 116 valence electrons. The minimum atomic E-state index is -0.965. The van der Waals surface area contributed by atoms with Crippen LogP contribution in [0, 0.1) is 5.92 Å². The number of aliphatic carboxylic acids is 1. The summed E-state index contributed by atoms with van der Waals surface area (Å²) >= 11 is 0. The van der Waals surface area contributed by atoms with Crippen LogP contribution in [0.25, 0.3) is 0 Å². The summed E-state index contributed by atoms with van der Waals surface area (Å²) in [6.45, 7) is 5.86. The second-order valence-corrected chi connectivity index (χ2v) is 4.92. The summed E-state index contributed by atoms with van der Waals surface area (Å²) in [5, 5.41) is 14.5. The van der Waals surface area contributed by atoms with E-state index in [9.17, 15) is 9.59 Å². The highest BCUT2D eigenvalue weighted by Crippen LogP contribution is 2.23. The number of hydrogen-bond acceptors (Lipinski definition) is 4. The van der Waals surface area contributed by atoms with Crippen molar-refractivity contribution in [3.63, 3.8) is 0 Å². The molecular formula is C15H22N2O4. The van der Waals surface area contributed by atoms with Gasteiger partial charge in [-0.05, 0) is 25.0 Å². The van der Waals surface area contributed by atoms with Gasteiger partial charge in [0.15, 0.2) is 0 Å².